The lowest BCUT2D eigenvalue weighted by molar-refractivity contribution is 0.0698. The smallest absolute Gasteiger partial charge is 0.337 e. The van der Waals surface area contributed by atoms with Gasteiger partial charge in [-0.05, 0) is 37.0 Å². The van der Waals surface area contributed by atoms with Crippen molar-refractivity contribution in [2.24, 2.45) is 5.92 Å². The Balaban J connectivity index is 2.06. The molecule has 0 saturated carbocycles. The van der Waals surface area contributed by atoms with Crippen molar-refractivity contribution in [3.05, 3.63) is 28.8 Å². The zero-order chi connectivity index (χ0) is 15.4. The number of anilines is 1. The predicted molar refractivity (Wildman–Crippen MR) is 78.8 cm³/mol. The van der Waals surface area contributed by atoms with Gasteiger partial charge in [-0.15, -0.1) is 0 Å². The largest absolute Gasteiger partial charge is 0.478 e. The minimum absolute atomic E-state index is 0.00106. The lowest BCUT2D eigenvalue weighted by Gasteiger charge is -2.18. The van der Waals surface area contributed by atoms with E-state index in [1.165, 1.54) is 18.2 Å². The summed E-state index contributed by atoms with van der Waals surface area (Å²) in [6, 6.07) is 3.90. The standard InChI is InChI=1S/C14H17ClN2O4/c15-10-1-2-11(13(19)20)12(7-10)16-14(21)17-5-3-9(8-17)4-6-18/h1-2,7,9,18H,3-6,8H2,(H,16,21)(H,19,20). The van der Waals surface area contributed by atoms with E-state index in [4.69, 9.17) is 21.8 Å². The fourth-order valence-corrected chi connectivity index (χ4v) is 2.61. The summed E-state index contributed by atoms with van der Waals surface area (Å²) < 4.78 is 0. The van der Waals surface area contributed by atoms with Crippen molar-refractivity contribution in [1.82, 2.24) is 4.90 Å². The van der Waals surface area contributed by atoms with E-state index < -0.39 is 5.97 Å². The highest BCUT2D eigenvalue weighted by atomic mass is 35.5. The number of aliphatic hydroxyl groups is 1. The Labute approximate surface area is 127 Å². The number of nitrogens with zero attached hydrogens (tertiary/aromatic N) is 1. The van der Waals surface area contributed by atoms with E-state index in [0.717, 1.165) is 6.42 Å². The fourth-order valence-electron chi connectivity index (χ4n) is 2.44. The quantitative estimate of drug-likeness (QED) is 0.795. The zero-order valence-corrected chi connectivity index (χ0v) is 12.1. The SMILES string of the molecule is O=C(O)c1ccc(Cl)cc1NC(=O)N1CCC(CCO)C1. The maximum absolute atomic E-state index is 12.2. The van der Waals surface area contributed by atoms with Crippen molar-refractivity contribution >= 4 is 29.3 Å². The molecule has 1 heterocycles. The normalized spacial score (nSPS) is 17.8. The molecule has 2 rings (SSSR count). The van der Waals surface area contributed by atoms with Crippen LogP contribution in [0.1, 0.15) is 23.2 Å². The molecule has 1 fully saturated rings. The van der Waals surface area contributed by atoms with Crippen LogP contribution in [0, 0.1) is 5.92 Å². The van der Waals surface area contributed by atoms with Gasteiger partial charge in [0.25, 0.3) is 0 Å². The number of carboxylic acids is 1. The molecule has 1 aromatic carbocycles. The number of hydrogen-bond acceptors (Lipinski definition) is 3. The molecular weight excluding hydrogens is 296 g/mol. The van der Waals surface area contributed by atoms with Gasteiger partial charge in [0.2, 0.25) is 0 Å². The lowest BCUT2D eigenvalue weighted by atomic mass is 10.1. The first kappa shape index (κ1) is 15.6. The molecule has 7 heteroatoms. The molecule has 0 aliphatic carbocycles. The highest BCUT2D eigenvalue weighted by Gasteiger charge is 2.26. The number of aromatic carboxylic acids is 1. The van der Waals surface area contributed by atoms with E-state index in [9.17, 15) is 9.59 Å². The average molecular weight is 313 g/mol. The minimum Gasteiger partial charge on any atom is -0.478 e. The Morgan fingerprint density at radius 1 is 1.43 bits per heavy atom. The number of hydrogen-bond donors (Lipinski definition) is 3. The molecule has 0 bridgehead atoms. The van der Waals surface area contributed by atoms with Crippen LogP contribution in [0.5, 0.6) is 0 Å². The van der Waals surface area contributed by atoms with Crippen LogP contribution in [0.4, 0.5) is 10.5 Å². The van der Waals surface area contributed by atoms with Gasteiger partial charge < -0.3 is 20.4 Å². The van der Waals surface area contributed by atoms with E-state index in [-0.39, 0.29) is 23.9 Å². The molecule has 1 atom stereocenters. The molecule has 1 aliphatic heterocycles. The summed E-state index contributed by atoms with van der Waals surface area (Å²) in [6.45, 7) is 1.27. The number of nitrogens with one attached hydrogen (secondary N) is 1. The second-order valence-electron chi connectivity index (χ2n) is 5.04. The van der Waals surface area contributed by atoms with E-state index in [1.54, 1.807) is 4.90 Å². The second-order valence-corrected chi connectivity index (χ2v) is 5.47. The highest BCUT2D eigenvalue weighted by Crippen LogP contribution is 2.24. The second kappa shape index (κ2) is 6.78. The molecule has 0 radical (unpaired) electrons. The van der Waals surface area contributed by atoms with Crippen molar-refractivity contribution < 1.29 is 19.8 Å². The highest BCUT2D eigenvalue weighted by molar-refractivity contribution is 6.31. The number of likely N-dealkylation sites (tertiary alicyclic amines) is 1. The van der Waals surface area contributed by atoms with Gasteiger partial charge in [0, 0.05) is 24.7 Å². The summed E-state index contributed by atoms with van der Waals surface area (Å²) in [4.78, 5) is 24.9. The van der Waals surface area contributed by atoms with Crippen LogP contribution in [0.25, 0.3) is 0 Å². The van der Waals surface area contributed by atoms with Gasteiger partial charge in [-0.25, -0.2) is 9.59 Å². The van der Waals surface area contributed by atoms with E-state index in [1.807, 2.05) is 0 Å². The molecule has 1 saturated heterocycles. The minimum atomic E-state index is -1.12. The molecule has 0 spiro atoms. The maximum atomic E-state index is 12.2. The third-order valence-electron chi connectivity index (χ3n) is 3.56. The van der Waals surface area contributed by atoms with Crippen molar-refractivity contribution in [3.8, 4) is 0 Å². The van der Waals surface area contributed by atoms with Crippen LogP contribution in [0.3, 0.4) is 0 Å². The number of carbonyl (C=O) groups excluding carboxylic acids is 1. The zero-order valence-electron chi connectivity index (χ0n) is 11.4. The van der Waals surface area contributed by atoms with Crippen LogP contribution in [-0.2, 0) is 0 Å². The predicted octanol–water partition coefficient (Wildman–Crippen LogP) is 2.27. The van der Waals surface area contributed by atoms with Crippen LogP contribution >= 0.6 is 11.6 Å². The maximum Gasteiger partial charge on any atom is 0.337 e. The van der Waals surface area contributed by atoms with E-state index >= 15 is 0 Å². The van der Waals surface area contributed by atoms with Gasteiger partial charge in [-0.1, -0.05) is 11.6 Å². The molecule has 1 aliphatic rings. The number of carbonyl (C=O) groups is 2. The molecule has 21 heavy (non-hydrogen) atoms. The number of benzene rings is 1. The van der Waals surface area contributed by atoms with Crippen LogP contribution in [-0.4, -0.2) is 46.8 Å². The summed E-state index contributed by atoms with van der Waals surface area (Å²) in [5.41, 5.74) is 0.185. The van der Waals surface area contributed by atoms with Crippen LogP contribution < -0.4 is 5.32 Å². The van der Waals surface area contributed by atoms with Gasteiger partial charge in [0.15, 0.2) is 0 Å². The first-order valence-electron chi connectivity index (χ1n) is 6.71. The Hall–Kier alpha value is -1.79. The molecule has 114 valence electrons. The van der Waals surface area contributed by atoms with E-state index in [0.29, 0.717) is 30.5 Å². The van der Waals surface area contributed by atoms with Gasteiger partial charge in [-0.2, -0.15) is 0 Å². The monoisotopic (exact) mass is 312 g/mol. The van der Waals surface area contributed by atoms with E-state index in [2.05, 4.69) is 5.32 Å². The van der Waals surface area contributed by atoms with Crippen molar-refractivity contribution in [2.45, 2.75) is 12.8 Å². The average Bonchev–Trinajstić information content (AvgIpc) is 2.87. The molecule has 0 aromatic heterocycles. The van der Waals surface area contributed by atoms with Crippen LogP contribution in [0.2, 0.25) is 5.02 Å². The third kappa shape index (κ3) is 3.86. The van der Waals surface area contributed by atoms with Crippen molar-refractivity contribution in [2.75, 3.05) is 25.0 Å². The molecule has 1 aromatic rings. The number of rotatable bonds is 4. The Bertz CT molecular complexity index is 550. The molecule has 2 amide bonds. The van der Waals surface area contributed by atoms with Gasteiger partial charge in [-0.3, -0.25) is 0 Å². The molecular formula is C14H17ClN2O4. The first-order valence-corrected chi connectivity index (χ1v) is 7.08. The summed E-state index contributed by atoms with van der Waals surface area (Å²) >= 11 is 5.84. The fraction of sp³-hybridized carbons (Fsp3) is 0.429. The Kier molecular flexibility index (Phi) is 5.03. The first-order chi connectivity index (χ1) is 10.0. The van der Waals surface area contributed by atoms with Crippen molar-refractivity contribution in [1.29, 1.82) is 0 Å². The Morgan fingerprint density at radius 2 is 2.19 bits per heavy atom. The number of aliphatic hydroxyl groups excluding tert-OH is 1. The molecule has 3 N–H and O–H groups in total. The topological polar surface area (TPSA) is 89.9 Å². The van der Waals surface area contributed by atoms with Gasteiger partial charge >= 0.3 is 12.0 Å². The Morgan fingerprint density at radius 3 is 2.86 bits per heavy atom. The van der Waals surface area contributed by atoms with Crippen LogP contribution in [0.15, 0.2) is 18.2 Å². The number of halogens is 1. The summed E-state index contributed by atoms with van der Waals surface area (Å²) in [6.07, 6.45) is 1.51. The van der Waals surface area contributed by atoms with Gasteiger partial charge in [0.1, 0.15) is 0 Å². The van der Waals surface area contributed by atoms with Gasteiger partial charge in [0.05, 0.1) is 11.3 Å². The lowest BCUT2D eigenvalue weighted by Crippen LogP contribution is -2.33. The summed E-state index contributed by atoms with van der Waals surface area (Å²) in [5, 5.41) is 21.0. The third-order valence-corrected chi connectivity index (χ3v) is 3.80. The van der Waals surface area contributed by atoms with Crippen molar-refractivity contribution in [3.63, 3.8) is 0 Å². The molecule has 1 unspecified atom stereocenters. The number of carboxylic acid groups (broad SMARTS) is 1. The number of urea groups is 1. The number of amides is 2. The molecule has 6 nitrogen and oxygen atoms in total. The summed E-state index contributed by atoms with van der Waals surface area (Å²) in [5.74, 6) is -0.833. The summed E-state index contributed by atoms with van der Waals surface area (Å²) in [7, 11) is 0.